The van der Waals surface area contributed by atoms with E-state index < -0.39 is 7.14 Å². The minimum absolute atomic E-state index is 0.563. The Morgan fingerprint density at radius 3 is 1.64 bits per heavy atom. The lowest BCUT2D eigenvalue weighted by Crippen LogP contribution is -2.17. The van der Waals surface area contributed by atoms with Crippen LogP contribution in [0.3, 0.4) is 0 Å². The van der Waals surface area contributed by atoms with Gasteiger partial charge in [-0.15, -0.1) is 0 Å². The first kappa shape index (κ1) is 14.8. The lowest BCUT2D eigenvalue weighted by molar-refractivity contribution is 0.586. The van der Waals surface area contributed by atoms with Crippen molar-refractivity contribution in [3.63, 3.8) is 0 Å². The fourth-order valence-electron chi connectivity index (χ4n) is 2.70. The highest BCUT2D eigenvalue weighted by Crippen LogP contribution is 2.47. The van der Waals surface area contributed by atoms with E-state index in [-0.39, 0.29) is 0 Å². The van der Waals surface area contributed by atoms with Crippen LogP contribution in [-0.4, -0.2) is 0 Å². The summed E-state index contributed by atoms with van der Waals surface area (Å²) in [4.78, 5) is 0. The standard InChI is InChI=1S/C20H19OP/c1-17-10-8-9-11-18(17)16-22(21,19-12-4-2-5-13-19)20-14-6-3-7-15-20/h2-15H,16H2,1H3. The first-order valence-corrected chi connectivity index (χ1v) is 9.34. The Hall–Kier alpha value is -2.11. The smallest absolute Gasteiger partial charge is 0.147 e. The molecule has 22 heavy (non-hydrogen) atoms. The molecule has 0 unspecified atom stereocenters. The van der Waals surface area contributed by atoms with Crippen LogP contribution >= 0.6 is 7.14 Å². The second-order valence-electron chi connectivity index (χ2n) is 5.50. The number of hydrogen-bond donors (Lipinski definition) is 0. The molecule has 2 heteroatoms. The van der Waals surface area contributed by atoms with E-state index in [4.69, 9.17) is 0 Å². The minimum atomic E-state index is -2.67. The van der Waals surface area contributed by atoms with E-state index >= 15 is 0 Å². The topological polar surface area (TPSA) is 17.1 Å². The minimum Gasteiger partial charge on any atom is -0.313 e. The van der Waals surface area contributed by atoms with Crippen LogP contribution in [0.15, 0.2) is 84.9 Å². The second-order valence-corrected chi connectivity index (χ2v) is 8.32. The monoisotopic (exact) mass is 306 g/mol. The molecule has 3 aromatic rings. The third-order valence-corrected chi connectivity index (χ3v) is 7.05. The molecular formula is C20H19OP. The summed E-state index contributed by atoms with van der Waals surface area (Å²) in [6.07, 6.45) is 0.563. The molecule has 110 valence electrons. The van der Waals surface area contributed by atoms with E-state index in [1.54, 1.807) is 0 Å². The molecule has 3 rings (SSSR count). The molecule has 0 spiro atoms. The molecule has 0 atom stereocenters. The van der Waals surface area contributed by atoms with Gasteiger partial charge in [-0.3, -0.25) is 0 Å². The summed E-state index contributed by atoms with van der Waals surface area (Å²) >= 11 is 0. The Balaban J connectivity index is 2.13. The van der Waals surface area contributed by atoms with Crippen LogP contribution in [0.1, 0.15) is 11.1 Å². The van der Waals surface area contributed by atoms with Crippen molar-refractivity contribution in [2.75, 3.05) is 0 Å². The SMILES string of the molecule is Cc1ccccc1CP(=O)(c1ccccc1)c1ccccc1. The molecule has 0 amide bonds. The predicted octanol–water partition coefficient (Wildman–Crippen LogP) is 4.51. The summed E-state index contributed by atoms with van der Waals surface area (Å²) in [5.74, 6) is 0. The van der Waals surface area contributed by atoms with Crippen LogP contribution in [0.4, 0.5) is 0 Å². The highest BCUT2D eigenvalue weighted by atomic mass is 31.2. The maximum Gasteiger partial charge on any atom is 0.147 e. The molecule has 1 nitrogen and oxygen atoms in total. The first-order chi connectivity index (χ1) is 10.7. The third kappa shape index (κ3) is 2.91. The Kier molecular flexibility index (Phi) is 4.27. The quantitative estimate of drug-likeness (QED) is 0.648. The molecule has 0 aliphatic carbocycles. The van der Waals surface area contributed by atoms with Gasteiger partial charge in [-0.2, -0.15) is 0 Å². The van der Waals surface area contributed by atoms with Crippen molar-refractivity contribution in [2.45, 2.75) is 13.1 Å². The molecule has 0 N–H and O–H groups in total. The summed E-state index contributed by atoms with van der Waals surface area (Å²) in [5.41, 5.74) is 2.34. The van der Waals surface area contributed by atoms with Crippen molar-refractivity contribution >= 4 is 17.8 Å². The fraction of sp³-hybridized carbons (Fsp3) is 0.100. The van der Waals surface area contributed by atoms with Gasteiger partial charge in [0.15, 0.2) is 0 Å². The van der Waals surface area contributed by atoms with Gasteiger partial charge < -0.3 is 4.57 Å². The Labute approximate surface area is 132 Å². The molecule has 0 saturated heterocycles. The summed E-state index contributed by atoms with van der Waals surface area (Å²) in [6.45, 7) is 2.08. The van der Waals surface area contributed by atoms with Crippen LogP contribution in [0.25, 0.3) is 0 Å². The maximum atomic E-state index is 13.9. The molecule has 0 aromatic heterocycles. The molecule has 0 saturated carbocycles. The molecule has 0 bridgehead atoms. The average Bonchev–Trinajstić information content (AvgIpc) is 2.58. The van der Waals surface area contributed by atoms with Crippen molar-refractivity contribution in [1.29, 1.82) is 0 Å². The Bertz CT molecular complexity index is 751. The van der Waals surface area contributed by atoms with E-state index in [0.29, 0.717) is 6.16 Å². The van der Waals surface area contributed by atoms with Gasteiger partial charge in [0.25, 0.3) is 0 Å². The molecular weight excluding hydrogens is 287 g/mol. The van der Waals surface area contributed by atoms with Crippen LogP contribution in [0.2, 0.25) is 0 Å². The van der Waals surface area contributed by atoms with E-state index in [2.05, 4.69) is 19.1 Å². The molecule has 3 aromatic carbocycles. The van der Waals surface area contributed by atoms with Crippen molar-refractivity contribution < 1.29 is 4.57 Å². The summed E-state index contributed by atoms with van der Waals surface area (Å²) in [6, 6.07) is 27.9. The molecule has 0 heterocycles. The molecule has 0 aliphatic rings. The van der Waals surface area contributed by atoms with Gasteiger partial charge in [-0.25, -0.2) is 0 Å². The highest BCUT2D eigenvalue weighted by molar-refractivity contribution is 7.78. The largest absolute Gasteiger partial charge is 0.313 e. The normalized spacial score (nSPS) is 11.3. The van der Waals surface area contributed by atoms with Crippen molar-refractivity contribution in [2.24, 2.45) is 0 Å². The summed E-state index contributed by atoms with van der Waals surface area (Å²) < 4.78 is 13.9. The summed E-state index contributed by atoms with van der Waals surface area (Å²) in [7, 11) is -2.67. The fourth-order valence-corrected chi connectivity index (χ4v) is 5.50. The van der Waals surface area contributed by atoms with Crippen molar-refractivity contribution in [1.82, 2.24) is 0 Å². The van der Waals surface area contributed by atoms with Crippen LogP contribution < -0.4 is 10.6 Å². The number of benzene rings is 3. The van der Waals surface area contributed by atoms with Crippen molar-refractivity contribution in [3.05, 3.63) is 96.1 Å². The third-order valence-electron chi connectivity index (χ3n) is 4.00. The number of hydrogen-bond acceptors (Lipinski definition) is 1. The number of aryl methyl sites for hydroxylation is 1. The zero-order chi connectivity index (χ0) is 15.4. The first-order valence-electron chi connectivity index (χ1n) is 7.45. The van der Waals surface area contributed by atoms with Gasteiger partial charge >= 0.3 is 0 Å². The molecule has 0 aliphatic heterocycles. The van der Waals surface area contributed by atoms with Gasteiger partial charge in [0.2, 0.25) is 0 Å². The van der Waals surface area contributed by atoms with E-state index in [0.717, 1.165) is 16.2 Å². The van der Waals surface area contributed by atoms with Gasteiger partial charge in [-0.05, 0) is 18.1 Å². The molecule has 0 radical (unpaired) electrons. The van der Waals surface area contributed by atoms with Crippen LogP contribution in [0.5, 0.6) is 0 Å². The zero-order valence-corrected chi connectivity index (χ0v) is 13.5. The average molecular weight is 306 g/mol. The Morgan fingerprint density at radius 2 is 1.14 bits per heavy atom. The van der Waals surface area contributed by atoms with Crippen LogP contribution in [0, 0.1) is 6.92 Å². The summed E-state index contributed by atoms with van der Waals surface area (Å²) in [5, 5.41) is 1.84. The van der Waals surface area contributed by atoms with E-state index in [1.807, 2.05) is 72.8 Å². The number of rotatable bonds is 4. The lowest BCUT2D eigenvalue weighted by Gasteiger charge is -2.20. The maximum absolute atomic E-state index is 13.9. The Morgan fingerprint density at radius 1 is 0.682 bits per heavy atom. The van der Waals surface area contributed by atoms with Gasteiger partial charge in [-0.1, -0.05) is 84.9 Å². The van der Waals surface area contributed by atoms with Gasteiger partial charge in [0.05, 0.1) is 0 Å². The highest BCUT2D eigenvalue weighted by Gasteiger charge is 2.27. The zero-order valence-electron chi connectivity index (χ0n) is 12.6. The van der Waals surface area contributed by atoms with Crippen LogP contribution in [-0.2, 0) is 10.7 Å². The van der Waals surface area contributed by atoms with E-state index in [9.17, 15) is 4.57 Å². The lowest BCUT2D eigenvalue weighted by atomic mass is 10.1. The van der Waals surface area contributed by atoms with Crippen molar-refractivity contribution in [3.8, 4) is 0 Å². The van der Waals surface area contributed by atoms with Gasteiger partial charge in [0, 0.05) is 16.8 Å². The second kappa shape index (κ2) is 6.34. The van der Waals surface area contributed by atoms with Gasteiger partial charge in [0.1, 0.15) is 7.14 Å². The van der Waals surface area contributed by atoms with E-state index in [1.165, 1.54) is 5.56 Å². The predicted molar refractivity (Wildman–Crippen MR) is 94.6 cm³/mol. The molecule has 0 fully saturated rings.